The van der Waals surface area contributed by atoms with Crippen LogP contribution in [0.2, 0.25) is 0 Å². The van der Waals surface area contributed by atoms with E-state index in [0.29, 0.717) is 0 Å². The number of rotatable bonds is 8. The first kappa shape index (κ1) is 19.0. The Balaban J connectivity index is 0. The fourth-order valence-electron chi connectivity index (χ4n) is 1.07. The molecule has 0 unspecified atom stereocenters. The van der Waals surface area contributed by atoms with Gasteiger partial charge in [-0.05, 0) is 0 Å². The maximum Gasteiger partial charge on any atom is 0.303 e. The Morgan fingerprint density at radius 2 is 1.59 bits per heavy atom. The molecule has 0 aromatic rings. The predicted molar refractivity (Wildman–Crippen MR) is 68.2 cm³/mol. The van der Waals surface area contributed by atoms with Gasteiger partial charge in [0.1, 0.15) is 0 Å². The minimum atomic E-state index is -1.08. The Kier molecular flexibility index (Phi) is 17.6. The summed E-state index contributed by atoms with van der Waals surface area (Å²) in [6.45, 7) is 2.25. The maximum absolute atomic E-state index is 9.64. The van der Waals surface area contributed by atoms with E-state index in [9.17, 15) is 9.59 Å². The standard InChI is InChI=1S/C8H15.C4H6O4.Na/c1-3-5-7-8-6-4-2;5-3(6)1-2-4(7)8;/h1,3H,4-8H2,2H3;1-2H2,(H,5,6)(H,7,8);. The summed E-state index contributed by atoms with van der Waals surface area (Å²) in [4.78, 5) is 19.3. The second-order valence-corrected chi connectivity index (χ2v) is 4.37. The fraction of sp³-hybridized carbons (Fsp3) is 0.667. The Morgan fingerprint density at radius 3 is 1.94 bits per heavy atom. The summed E-state index contributed by atoms with van der Waals surface area (Å²) in [7, 11) is 0. The van der Waals surface area contributed by atoms with E-state index in [1.165, 1.54) is 60.0 Å². The zero-order chi connectivity index (χ0) is 13.5. The summed E-state index contributed by atoms with van der Waals surface area (Å²) in [6, 6.07) is 0. The van der Waals surface area contributed by atoms with Gasteiger partial charge >= 0.3 is 88.3 Å². The van der Waals surface area contributed by atoms with E-state index in [2.05, 4.69) is 16.3 Å². The van der Waals surface area contributed by atoms with Crippen molar-refractivity contribution in [2.24, 2.45) is 0 Å². The van der Waals surface area contributed by atoms with Gasteiger partial charge in [-0.25, -0.2) is 0 Å². The molecule has 5 heteroatoms. The molecule has 0 aliphatic heterocycles. The Morgan fingerprint density at radius 1 is 1.06 bits per heavy atom. The van der Waals surface area contributed by atoms with Crippen LogP contribution < -0.4 is 0 Å². The van der Waals surface area contributed by atoms with Crippen molar-refractivity contribution in [2.75, 3.05) is 0 Å². The van der Waals surface area contributed by atoms with Gasteiger partial charge in [0.25, 0.3) is 0 Å². The number of carboxylic acid groups (broad SMARTS) is 2. The van der Waals surface area contributed by atoms with Crippen LogP contribution in [-0.4, -0.2) is 50.1 Å². The number of unbranched alkanes of at least 4 members (excludes halogenated alkanes) is 4. The van der Waals surface area contributed by atoms with Crippen LogP contribution in [0.5, 0.6) is 0 Å². The largest absolute Gasteiger partial charge is 0.481 e. The van der Waals surface area contributed by atoms with Gasteiger partial charge in [0.2, 0.25) is 0 Å². The van der Waals surface area contributed by atoms with E-state index >= 15 is 0 Å². The monoisotopic (exact) mass is 252 g/mol. The van der Waals surface area contributed by atoms with Gasteiger partial charge in [-0.3, -0.25) is 9.59 Å². The Bertz CT molecular complexity index is 213. The molecule has 0 saturated carbocycles. The van der Waals surface area contributed by atoms with E-state index in [1.54, 1.807) is 0 Å². The van der Waals surface area contributed by atoms with Crippen LogP contribution in [0.25, 0.3) is 0 Å². The van der Waals surface area contributed by atoms with Gasteiger partial charge in [0.05, 0.1) is 12.8 Å². The van der Waals surface area contributed by atoms with Crippen molar-refractivity contribution in [2.45, 2.75) is 51.9 Å². The molecular weight excluding hydrogens is 231 g/mol. The number of carboxylic acids is 2. The zero-order valence-corrected chi connectivity index (χ0v) is 12.8. The van der Waals surface area contributed by atoms with Crippen LogP contribution in [0.15, 0.2) is 9.40 Å². The molecule has 0 atom stereocenters. The number of carbonyl (C=O) groups is 2. The molecule has 2 N–H and O–H groups in total. The number of allylic oxidation sites excluding steroid dienone is 1. The predicted octanol–water partition coefficient (Wildman–Crippen LogP) is 2.57. The molecular formula is C12H21NaO4. The second kappa shape index (κ2) is 15.7. The summed E-state index contributed by atoms with van der Waals surface area (Å²) in [5.74, 6) is -2.15. The molecule has 94 valence electrons. The van der Waals surface area contributed by atoms with Gasteiger partial charge in [0.15, 0.2) is 0 Å². The molecule has 0 spiro atoms. The van der Waals surface area contributed by atoms with Gasteiger partial charge in [0, 0.05) is 0 Å². The third-order valence-corrected chi connectivity index (χ3v) is 2.48. The first-order valence-electron chi connectivity index (χ1n) is 6.09. The molecule has 0 aliphatic rings. The van der Waals surface area contributed by atoms with Gasteiger partial charge < -0.3 is 10.2 Å². The first-order valence-corrected chi connectivity index (χ1v) is 7.24. The molecule has 0 radical (unpaired) electrons. The van der Waals surface area contributed by atoms with Crippen LogP contribution in [0.3, 0.4) is 0 Å². The number of hydrogen-bond acceptors (Lipinski definition) is 2. The first-order chi connectivity index (χ1) is 8.04. The zero-order valence-electron chi connectivity index (χ0n) is 10.8. The Labute approximate surface area is 121 Å². The quantitative estimate of drug-likeness (QED) is 0.514. The fourth-order valence-corrected chi connectivity index (χ4v) is 1.40. The van der Waals surface area contributed by atoms with E-state index in [0.717, 1.165) is 0 Å². The third-order valence-electron chi connectivity index (χ3n) is 2.01. The van der Waals surface area contributed by atoms with Crippen molar-refractivity contribution < 1.29 is 19.8 Å². The molecule has 0 amide bonds. The molecule has 0 saturated heterocycles. The minimum absolute atomic E-state index is 0.296. The third kappa shape index (κ3) is 25.7. The van der Waals surface area contributed by atoms with E-state index in [-0.39, 0.29) is 12.8 Å². The average molecular weight is 252 g/mol. The van der Waals surface area contributed by atoms with E-state index < -0.39 is 11.9 Å². The molecule has 0 aromatic carbocycles. The van der Waals surface area contributed by atoms with Crippen molar-refractivity contribution in [3.8, 4) is 0 Å². The summed E-state index contributed by atoms with van der Waals surface area (Å²) >= 11 is 1.23. The van der Waals surface area contributed by atoms with Crippen LogP contribution >= 0.6 is 0 Å². The molecule has 4 nitrogen and oxygen atoms in total. The van der Waals surface area contributed by atoms with Crippen molar-refractivity contribution in [1.82, 2.24) is 0 Å². The van der Waals surface area contributed by atoms with Crippen LogP contribution in [0.1, 0.15) is 51.9 Å². The summed E-state index contributed by atoms with van der Waals surface area (Å²) < 4.78 is 2.27. The maximum atomic E-state index is 9.64. The molecule has 0 aromatic heterocycles. The van der Waals surface area contributed by atoms with E-state index in [1.807, 2.05) is 0 Å². The summed E-state index contributed by atoms with van der Waals surface area (Å²) in [6.07, 6.45) is 8.60. The molecule has 0 heterocycles. The van der Waals surface area contributed by atoms with E-state index in [4.69, 9.17) is 10.2 Å². The molecule has 0 bridgehead atoms. The molecule has 0 aliphatic carbocycles. The average Bonchev–Trinajstić information content (AvgIpc) is 2.27. The normalized spacial score (nSPS) is 9.82. The number of hydrogen-bond donors (Lipinski definition) is 2. The minimum Gasteiger partial charge on any atom is -0.481 e. The van der Waals surface area contributed by atoms with Gasteiger partial charge in [-0.15, -0.1) is 0 Å². The molecule has 0 rings (SSSR count). The number of aliphatic carboxylic acids is 2. The Hall–Kier alpha value is -0.320. The second-order valence-electron chi connectivity index (χ2n) is 3.71. The van der Waals surface area contributed by atoms with Crippen molar-refractivity contribution in [1.29, 1.82) is 0 Å². The topological polar surface area (TPSA) is 74.6 Å². The molecule has 17 heavy (non-hydrogen) atoms. The van der Waals surface area contributed by atoms with Crippen molar-refractivity contribution in [3.05, 3.63) is 9.40 Å². The van der Waals surface area contributed by atoms with Crippen LogP contribution in [0.4, 0.5) is 0 Å². The SMILES string of the molecule is CCCCCCC=[CH][Na].O=C(O)CCC(=O)O. The van der Waals surface area contributed by atoms with Crippen molar-refractivity contribution >= 4 is 39.9 Å². The summed E-state index contributed by atoms with van der Waals surface area (Å²) in [5, 5.41) is 15.8. The van der Waals surface area contributed by atoms with Gasteiger partial charge in [-0.1, -0.05) is 0 Å². The van der Waals surface area contributed by atoms with Gasteiger partial charge in [-0.2, -0.15) is 0 Å². The summed E-state index contributed by atoms with van der Waals surface area (Å²) in [5.41, 5.74) is 0. The van der Waals surface area contributed by atoms with Crippen LogP contribution in [0, 0.1) is 0 Å². The smallest absolute Gasteiger partial charge is 0.303 e. The molecule has 0 fully saturated rings. The van der Waals surface area contributed by atoms with Crippen molar-refractivity contribution in [3.63, 3.8) is 0 Å². The van der Waals surface area contributed by atoms with Crippen LogP contribution in [-0.2, 0) is 9.59 Å².